The van der Waals surface area contributed by atoms with Crippen LogP contribution in [0.5, 0.6) is 0 Å². The van der Waals surface area contributed by atoms with Gasteiger partial charge in [-0.15, -0.1) is 0 Å². The zero-order chi connectivity index (χ0) is 12.2. The van der Waals surface area contributed by atoms with Gasteiger partial charge in [0, 0.05) is 25.7 Å². The van der Waals surface area contributed by atoms with Crippen molar-refractivity contribution in [1.82, 2.24) is 10.6 Å². The van der Waals surface area contributed by atoms with Crippen LogP contribution < -0.4 is 67.1 Å². The molecule has 6 nitrogen and oxygen atoms in total. The van der Waals surface area contributed by atoms with Crippen molar-refractivity contribution in [2.24, 2.45) is 4.99 Å². The van der Waals surface area contributed by atoms with E-state index in [4.69, 9.17) is 5.11 Å². The van der Waals surface area contributed by atoms with E-state index in [1.807, 2.05) is 6.92 Å². The molecule has 0 spiro atoms. The van der Waals surface area contributed by atoms with Gasteiger partial charge in [0.15, 0.2) is 0 Å². The quantitative estimate of drug-likeness (QED) is 0.129. The van der Waals surface area contributed by atoms with Gasteiger partial charge in [0.1, 0.15) is 0 Å². The fourth-order valence-electron chi connectivity index (χ4n) is 0.919. The van der Waals surface area contributed by atoms with Crippen LogP contribution in [0, 0.1) is 0 Å². The Morgan fingerprint density at radius 3 is 2.53 bits per heavy atom. The fourth-order valence-corrected chi connectivity index (χ4v) is 0.919. The summed E-state index contributed by atoms with van der Waals surface area (Å²) in [4.78, 5) is 13.7. The first-order chi connectivity index (χ1) is 7.66. The molecule has 17 heavy (non-hydrogen) atoms. The van der Waals surface area contributed by atoms with Gasteiger partial charge in [-0.3, -0.25) is 4.99 Å². The Labute approximate surface area is 144 Å². The Hall–Kier alpha value is 0.236. The van der Waals surface area contributed by atoms with Gasteiger partial charge < -0.3 is 20.8 Å². The Balaban J connectivity index is 0. The van der Waals surface area contributed by atoms with Crippen LogP contribution in [-0.4, -0.2) is 49.7 Å². The van der Waals surface area contributed by atoms with Gasteiger partial charge in [-0.1, -0.05) is 6.92 Å². The number of carbonyl (C=O) groups is 1. The molecular weight excluding hydrogens is 249 g/mol. The van der Waals surface area contributed by atoms with E-state index in [1.165, 1.54) is 0 Å². The van der Waals surface area contributed by atoms with Crippen molar-refractivity contribution in [1.29, 1.82) is 0 Å². The Bertz CT molecular complexity index is 257. The van der Waals surface area contributed by atoms with E-state index in [0.717, 1.165) is 31.8 Å². The molecule has 0 rings (SSSR count). The van der Waals surface area contributed by atoms with Crippen molar-refractivity contribution >= 4 is 11.9 Å². The van der Waals surface area contributed by atoms with Crippen molar-refractivity contribution < 1.29 is 66.4 Å². The smallest absolute Gasteiger partial charge is 0.859 e. The van der Waals surface area contributed by atoms with Crippen LogP contribution in [0.15, 0.2) is 17.1 Å². The van der Waals surface area contributed by atoms with Crippen molar-refractivity contribution in [2.45, 2.75) is 6.92 Å². The summed E-state index contributed by atoms with van der Waals surface area (Å²) in [5.74, 6) is -1.66. The van der Waals surface area contributed by atoms with Gasteiger partial charge in [0.25, 0.3) is 0 Å². The summed E-state index contributed by atoms with van der Waals surface area (Å²) in [6, 6.07) is 0. The minimum absolute atomic E-state index is 0. The number of nitrogens with one attached hydrogen (secondary N) is 2. The molecule has 0 atom stereocenters. The van der Waals surface area contributed by atoms with E-state index in [9.17, 15) is 9.90 Å². The van der Waals surface area contributed by atoms with Gasteiger partial charge >= 0.3 is 57.4 Å². The zero-order valence-electron chi connectivity index (χ0n) is 10.4. The molecule has 0 aromatic rings. The second-order valence-electron chi connectivity index (χ2n) is 3.00. The maximum absolute atomic E-state index is 10.9. The van der Waals surface area contributed by atoms with E-state index in [2.05, 4.69) is 15.6 Å². The Kier molecular flexibility index (Phi) is 16.5. The number of rotatable bonds is 9. The molecule has 0 bridgehead atoms. The monoisotopic (exact) mass is 267 g/mol. The molecule has 0 aliphatic rings. The normalized spacial score (nSPS) is 11.5. The first-order valence-corrected chi connectivity index (χ1v) is 5.20. The number of carboxylic acid groups (broad SMARTS) is 1. The van der Waals surface area contributed by atoms with Crippen molar-refractivity contribution in [3.05, 3.63) is 12.2 Å². The third-order valence-electron chi connectivity index (χ3n) is 1.65. The van der Waals surface area contributed by atoms with Crippen LogP contribution in [-0.2, 0) is 4.79 Å². The topological polar surface area (TPSA) is 96.8 Å². The van der Waals surface area contributed by atoms with Gasteiger partial charge in [-0.05, 0) is 18.5 Å². The standard InChI is InChI=1S/C10H19N3O3.K/c1-2-11-5-6-12-7-8-13-9(14)3-4-10(15)16;/h3-4,11-12H,2,5-8H2,1H3,(H,13,14)(H,15,16);/q;+1/p-1/b4-3+;. The first kappa shape index (κ1) is 19.6. The summed E-state index contributed by atoms with van der Waals surface area (Å²) in [6.07, 6.45) is 1.73. The van der Waals surface area contributed by atoms with Crippen LogP contribution in [0.3, 0.4) is 0 Å². The van der Waals surface area contributed by atoms with Gasteiger partial charge in [0.05, 0.1) is 6.54 Å². The Morgan fingerprint density at radius 2 is 1.94 bits per heavy atom. The number of aliphatic carboxylic acids is 1. The summed E-state index contributed by atoms with van der Waals surface area (Å²) in [5.41, 5.74) is 0. The van der Waals surface area contributed by atoms with Crippen LogP contribution in [0.25, 0.3) is 0 Å². The third kappa shape index (κ3) is 16.2. The SMILES string of the molecule is CCNCCNCCN=C([O-])/C=C/C(=O)O.[K+]. The molecule has 0 aliphatic heterocycles. The number of aliphatic imine (C=N–C) groups is 1. The van der Waals surface area contributed by atoms with E-state index >= 15 is 0 Å². The maximum Gasteiger partial charge on any atom is 1.00 e. The molecule has 0 aromatic carbocycles. The average molecular weight is 267 g/mol. The first-order valence-electron chi connectivity index (χ1n) is 5.20. The fraction of sp³-hybridized carbons (Fsp3) is 0.600. The number of carboxylic acids is 1. The maximum atomic E-state index is 10.9. The second-order valence-corrected chi connectivity index (χ2v) is 3.00. The van der Waals surface area contributed by atoms with Crippen LogP contribution in [0.2, 0.25) is 0 Å². The number of likely N-dealkylation sites (N-methyl/N-ethyl adjacent to an activating group) is 1. The molecule has 0 fully saturated rings. The largest absolute Gasteiger partial charge is 1.00 e. The molecule has 0 saturated heterocycles. The van der Waals surface area contributed by atoms with E-state index in [1.54, 1.807) is 0 Å². The Morgan fingerprint density at radius 1 is 1.29 bits per heavy atom. The molecule has 0 radical (unpaired) electrons. The van der Waals surface area contributed by atoms with Crippen molar-refractivity contribution in [2.75, 3.05) is 32.7 Å². The minimum atomic E-state index is -1.15. The van der Waals surface area contributed by atoms with E-state index < -0.39 is 11.9 Å². The molecule has 92 valence electrons. The van der Waals surface area contributed by atoms with Crippen molar-refractivity contribution in [3.63, 3.8) is 0 Å². The summed E-state index contributed by atoms with van der Waals surface area (Å²) < 4.78 is 0. The molecule has 0 heterocycles. The minimum Gasteiger partial charge on any atom is -0.859 e. The molecule has 0 aromatic heterocycles. The summed E-state index contributed by atoms with van der Waals surface area (Å²) >= 11 is 0. The van der Waals surface area contributed by atoms with Gasteiger partial charge in [-0.25, -0.2) is 4.79 Å². The summed E-state index contributed by atoms with van der Waals surface area (Å²) in [7, 11) is 0. The van der Waals surface area contributed by atoms with Crippen LogP contribution in [0.4, 0.5) is 0 Å². The number of nitrogens with zero attached hydrogens (tertiary/aromatic N) is 1. The molecular formula is C10H18KN3O3. The molecule has 7 heteroatoms. The van der Waals surface area contributed by atoms with Crippen LogP contribution >= 0.6 is 0 Å². The van der Waals surface area contributed by atoms with Crippen LogP contribution in [0.1, 0.15) is 6.92 Å². The van der Waals surface area contributed by atoms with Crippen molar-refractivity contribution in [3.8, 4) is 0 Å². The average Bonchev–Trinajstić information content (AvgIpc) is 2.25. The zero-order valence-corrected chi connectivity index (χ0v) is 13.5. The number of hydrogen-bond donors (Lipinski definition) is 3. The molecule has 3 N–H and O–H groups in total. The van der Waals surface area contributed by atoms with Gasteiger partial charge in [-0.2, -0.15) is 0 Å². The molecule has 0 unspecified atom stereocenters. The summed E-state index contributed by atoms with van der Waals surface area (Å²) in [6.45, 7) is 5.63. The number of hydrogen-bond acceptors (Lipinski definition) is 5. The summed E-state index contributed by atoms with van der Waals surface area (Å²) in [5, 5.41) is 25.4. The van der Waals surface area contributed by atoms with E-state index in [0.29, 0.717) is 13.1 Å². The predicted octanol–water partition coefficient (Wildman–Crippen LogP) is -4.41. The molecule has 0 saturated carbocycles. The molecule has 0 aliphatic carbocycles. The van der Waals surface area contributed by atoms with Gasteiger partial charge in [0.2, 0.25) is 0 Å². The predicted molar refractivity (Wildman–Crippen MR) is 60.5 cm³/mol. The van der Waals surface area contributed by atoms with E-state index in [-0.39, 0.29) is 51.4 Å². The molecule has 0 amide bonds. The second kappa shape index (κ2) is 14.3. The third-order valence-corrected chi connectivity index (χ3v) is 1.65.